The van der Waals surface area contributed by atoms with E-state index in [0.717, 1.165) is 21.9 Å². The molecular weight excluding hydrogens is 200 g/mol. The number of fused-ring (bicyclic) bond motifs is 3. The molecule has 0 saturated carbocycles. The molecule has 0 atom stereocenters. The second-order valence-electron chi connectivity index (χ2n) is 4.10. The van der Waals surface area contributed by atoms with Crippen LogP contribution in [0.4, 0.5) is 0 Å². The lowest BCUT2D eigenvalue weighted by Crippen LogP contribution is -1.92. The first kappa shape index (κ1) is 9.16. The van der Waals surface area contributed by atoms with Crippen molar-refractivity contribution in [2.75, 3.05) is 0 Å². The summed E-state index contributed by atoms with van der Waals surface area (Å²) in [6, 6.07) is 7.39. The van der Waals surface area contributed by atoms with Gasteiger partial charge in [-0.1, -0.05) is 23.8 Å². The summed E-state index contributed by atoms with van der Waals surface area (Å²) < 4.78 is 0. The molecule has 1 N–H and O–H groups in total. The first-order chi connectivity index (χ1) is 7.66. The second kappa shape index (κ2) is 2.95. The molecule has 3 rings (SSSR count). The molecule has 0 aliphatic heterocycles. The molecule has 0 aromatic heterocycles. The van der Waals surface area contributed by atoms with Gasteiger partial charge in [-0.25, -0.2) is 0 Å². The number of aromatic hydroxyl groups is 1. The van der Waals surface area contributed by atoms with Crippen molar-refractivity contribution >= 4 is 22.6 Å². The van der Waals surface area contributed by atoms with Gasteiger partial charge in [-0.2, -0.15) is 0 Å². The van der Waals surface area contributed by atoms with Crippen molar-refractivity contribution in [3.63, 3.8) is 0 Å². The van der Waals surface area contributed by atoms with Crippen LogP contribution in [-0.2, 0) is 0 Å². The highest BCUT2D eigenvalue weighted by Gasteiger charge is 2.18. The summed E-state index contributed by atoms with van der Waals surface area (Å²) in [5, 5.41) is 11.6. The Morgan fingerprint density at radius 3 is 2.69 bits per heavy atom. The zero-order valence-corrected chi connectivity index (χ0v) is 8.82. The first-order valence-corrected chi connectivity index (χ1v) is 5.15. The molecule has 0 spiro atoms. The van der Waals surface area contributed by atoms with Crippen molar-refractivity contribution in [2.24, 2.45) is 0 Å². The van der Waals surface area contributed by atoms with Crippen molar-refractivity contribution in [1.82, 2.24) is 0 Å². The molecule has 2 aromatic rings. The number of phenolic OH excluding ortho intramolecular Hbond substituents is 1. The van der Waals surface area contributed by atoms with Gasteiger partial charge in [0, 0.05) is 10.9 Å². The Kier molecular flexibility index (Phi) is 1.69. The van der Waals surface area contributed by atoms with Gasteiger partial charge in [0.05, 0.1) is 0 Å². The zero-order valence-electron chi connectivity index (χ0n) is 8.82. The number of hydrogen-bond donors (Lipinski definition) is 1. The van der Waals surface area contributed by atoms with Gasteiger partial charge >= 0.3 is 0 Å². The fourth-order valence-electron chi connectivity index (χ4n) is 2.17. The Morgan fingerprint density at radius 2 is 1.88 bits per heavy atom. The van der Waals surface area contributed by atoms with Gasteiger partial charge in [-0.3, -0.25) is 4.79 Å². The number of aryl methyl sites for hydroxylation is 1. The Balaban J connectivity index is 2.51. The van der Waals surface area contributed by atoms with E-state index in [-0.39, 0.29) is 11.5 Å². The molecule has 0 saturated heterocycles. The van der Waals surface area contributed by atoms with Crippen molar-refractivity contribution in [1.29, 1.82) is 0 Å². The lowest BCUT2D eigenvalue weighted by atomic mass is 9.98. The minimum absolute atomic E-state index is 0.0336. The molecule has 16 heavy (non-hydrogen) atoms. The predicted octanol–water partition coefficient (Wildman–Crippen LogP) is 3.06. The maximum Gasteiger partial charge on any atom is 0.186 e. The van der Waals surface area contributed by atoms with E-state index in [1.165, 1.54) is 0 Å². The number of rotatable bonds is 0. The van der Waals surface area contributed by atoms with Crippen LogP contribution in [0.2, 0.25) is 0 Å². The standard InChI is InChI=1S/C14H10O2/c1-8-2-3-10-11(6-8)9-4-5-13(15)12(9)7-14(10)16/h2-7,16H,1H3. The summed E-state index contributed by atoms with van der Waals surface area (Å²) in [4.78, 5) is 11.5. The molecule has 2 aromatic carbocycles. The normalized spacial score (nSPS) is 13.4. The Hall–Kier alpha value is -2.09. The molecule has 1 aliphatic carbocycles. The highest BCUT2D eigenvalue weighted by Crippen LogP contribution is 2.35. The smallest absolute Gasteiger partial charge is 0.186 e. The van der Waals surface area contributed by atoms with E-state index in [0.29, 0.717) is 5.56 Å². The maximum atomic E-state index is 11.5. The first-order valence-electron chi connectivity index (χ1n) is 5.15. The molecule has 0 fully saturated rings. The lowest BCUT2D eigenvalue weighted by Gasteiger charge is -2.07. The van der Waals surface area contributed by atoms with Gasteiger partial charge in [-0.05, 0) is 36.1 Å². The van der Waals surface area contributed by atoms with Crippen LogP contribution in [0.5, 0.6) is 5.75 Å². The summed E-state index contributed by atoms with van der Waals surface area (Å²) >= 11 is 0. The minimum atomic E-state index is -0.0336. The Morgan fingerprint density at radius 1 is 1.06 bits per heavy atom. The largest absolute Gasteiger partial charge is 0.507 e. The Labute approximate surface area is 92.8 Å². The summed E-state index contributed by atoms with van der Waals surface area (Å²) in [6.45, 7) is 2.00. The molecule has 2 heteroatoms. The topological polar surface area (TPSA) is 37.3 Å². The number of phenols is 1. The molecule has 0 unspecified atom stereocenters. The molecule has 0 bridgehead atoms. The number of carbonyl (C=O) groups excluding carboxylic acids is 1. The van der Waals surface area contributed by atoms with Gasteiger partial charge in [0.2, 0.25) is 0 Å². The van der Waals surface area contributed by atoms with Crippen LogP contribution in [0.15, 0.2) is 30.3 Å². The van der Waals surface area contributed by atoms with E-state index in [1.807, 2.05) is 31.2 Å². The Bertz CT molecular complexity index is 651. The van der Waals surface area contributed by atoms with Crippen LogP contribution < -0.4 is 0 Å². The van der Waals surface area contributed by atoms with Crippen LogP contribution >= 0.6 is 0 Å². The average Bonchev–Trinajstić information content (AvgIpc) is 2.61. The van der Waals surface area contributed by atoms with Crippen LogP contribution in [0.1, 0.15) is 21.5 Å². The number of benzene rings is 2. The van der Waals surface area contributed by atoms with Crippen LogP contribution in [-0.4, -0.2) is 10.9 Å². The van der Waals surface area contributed by atoms with Crippen LogP contribution in [0.3, 0.4) is 0 Å². The highest BCUT2D eigenvalue weighted by atomic mass is 16.3. The number of carbonyl (C=O) groups is 1. The summed E-state index contributed by atoms with van der Waals surface area (Å²) in [6.07, 6.45) is 3.37. The molecular formula is C14H10O2. The van der Waals surface area contributed by atoms with E-state index >= 15 is 0 Å². The van der Waals surface area contributed by atoms with Crippen LogP contribution in [0.25, 0.3) is 16.8 Å². The fraction of sp³-hybridized carbons (Fsp3) is 0.0714. The molecule has 0 amide bonds. The fourth-order valence-corrected chi connectivity index (χ4v) is 2.17. The SMILES string of the molecule is Cc1ccc2c(O)cc3c(c2c1)C=CC3=O. The van der Waals surface area contributed by atoms with E-state index in [9.17, 15) is 9.90 Å². The van der Waals surface area contributed by atoms with Crippen LogP contribution in [0, 0.1) is 6.92 Å². The van der Waals surface area contributed by atoms with E-state index < -0.39 is 0 Å². The van der Waals surface area contributed by atoms with Gasteiger partial charge in [0.1, 0.15) is 5.75 Å². The number of ketones is 1. The second-order valence-corrected chi connectivity index (χ2v) is 4.10. The van der Waals surface area contributed by atoms with Crippen molar-refractivity contribution in [3.8, 4) is 5.75 Å². The number of hydrogen-bond acceptors (Lipinski definition) is 2. The molecule has 1 aliphatic rings. The summed E-state index contributed by atoms with van der Waals surface area (Å²) in [5.74, 6) is 0.138. The molecule has 0 radical (unpaired) electrons. The zero-order chi connectivity index (χ0) is 11.3. The molecule has 2 nitrogen and oxygen atoms in total. The monoisotopic (exact) mass is 210 g/mol. The van der Waals surface area contributed by atoms with E-state index in [2.05, 4.69) is 0 Å². The van der Waals surface area contributed by atoms with E-state index in [4.69, 9.17) is 0 Å². The third kappa shape index (κ3) is 1.10. The van der Waals surface area contributed by atoms with Gasteiger partial charge in [0.25, 0.3) is 0 Å². The summed E-state index contributed by atoms with van der Waals surface area (Å²) in [5.41, 5.74) is 2.63. The van der Waals surface area contributed by atoms with Crippen molar-refractivity contribution < 1.29 is 9.90 Å². The lowest BCUT2D eigenvalue weighted by molar-refractivity contribution is 0.105. The highest BCUT2D eigenvalue weighted by molar-refractivity contribution is 6.18. The predicted molar refractivity (Wildman–Crippen MR) is 63.7 cm³/mol. The summed E-state index contributed by atoms with van der Waals surface area (Å²) in [7, 11) is 0. The van der Waals surface area contributed by atoms with Gasteiger partial charge in [0.15, 0.2) is 5.78 Å². The average molecular weight is 210 g/mol. The maximum absolute atomic E-state index is 11.5. The number of allylic oxidation sites excluding steroid dienone is 1. The van der Waals surface area contributed by atoms with Gasteiger partial charge < -0.3 is 5.11 Å². The van der Waals surface area contributed by atoms with Crippen molar-refractivity contribution in [2.45, 2.75) is 6.92 Å². The quantitative estimate of drug-likeness (QED) is 0.725. The third-order valence-electron chi connectivity index (χ3n) is 2.98. The minimum Gasteiger partial charge on any atom is -0.507 e. The molecule has 78 valence electrons. The van der Waals surface area contributed by atoms with E-state index in [1.54, 1.807) is 12.1 Å². The van der Waals surface area contributed by atoms with Gasteiger partial charge in [-0.15, -0.1) is 0 Å². The molecule has 0 heterocycles. The third-order valence-corrected chi connectivity index (χ3v) is 2.98. The van der Waals surface area contributed by atoms with Crippen molar-refractivity contribution in [3.05, 3.63) is 47.0 Å².